The minimum Gasteiger partial charge on any atom is -0.475 e. The molecule has 4 aromatic rings. The van der Waals surface area contributed by atoms with Crippen LogP contribution in [0.25, 0.3) is 22.2 Å². The molecule has 0 saturated heterocycles. The summed E-state index contributed by atoms with van der Waals surface area (Å²) in [6.07, 6.45) is 2.79. The number of nitrogens with one attached hydrogen (secondary N) is 2. The van der Waals surface area contributed by atoms with Gasteiger partial charge in [0.1, 0.15) is 13.2 Å². The second-order valence-electron chi connectivity index (χ2n) is 7.42. The molecule has 2 aromatic carbocycles. The lowest BCUT2D eigenvalue weighted by Crippen LogP contribution is -2.33. The topological polar surface area (TPSA) is 70.2 Å². The standard InChI is InChI=1S/C25H26N4O2S/c1-3-14-29(18(2)31-16-19-8-5-4-6-9-19)15-24(30)28-25-27-23(17-32-25)20-10-7-11-22-21(20)12-13-26-22/h4-13,17,26H,2-3,14-16H2,1H3,(H,27,28,30). The van der Waals surface area contributed by atoms with Gasteiger partial charge in [0, 0.05) is 34.6 Å². The SMILES string of the molecule is C=C(OCc1ccccc1)N(CCC)CC(=O)Nc1nc(-c2cccc3[nH]ccc23)cs1. The first-order chi connectivity index (χ1) is 15.6. The zero-order chi connectivity index (χ0) is 22.3. The van der Waals surface area contributed by atoms with Gasteiger partial charge >= 0.3 is 0 Å². The van der Waals surface area contributed by atoms with Crippen molar-refractivity contribution in [1.29, 1.82) is 0 Å². The summed E-state index contributed by atoms with van der Waals surface area (Å²) in [5.74, 6) is 0.341. The van der Waals surface area contributed by atoms with E-state index in [2.05, 4.69) is 28.8 Å². The monoisotopic (exact) mass is 446 g/mol. The fourth-order valence-electron chi connectivity index (χ4n) is 3.49. The van der Waals surface area contributed by atoms with E-state index in [0.717, 1.165) is 34.1 Å². The van der Waals surface area contributed by atoms with Crippen molar-refractivity contribution in [2.24, 2.45) is 0 Å². The fraction of sp³-hybridized carbons (Fsp3) is 0.200. The van der Waals surface area contributed by atoms with Crippen LogP contribution >= 0.6 is 11.3 Å². The van der Waals surface area contributed by atoms with Gasteiger partial charge < -0.3 is 19.9 Å². The van der Waals surface area contributed by atoms with Crippen molar-refractivity contribution < 1.29 is 9.53 Å². The van der Waals surface area contributed by atoms with Crippen molar-refractivity contribution in [3.05, 3.63) is 84.2 Å². The van der Waals surface area contributed by atoms with Crippen LogP contribution < -0.4 is 5.32 Å². The average Bonchev–Trinajstić information content (AvgIpc) is 3.47. The summed E-state index contributed by atoms with van der Waals surface area (Å²) >= 11 is 1.41. The maximum Gasteiger partial charge on any atom is 0.245 e. The number of thiazole rings is 1. The predicted octanol–water partition coefficient (Wildman–Crippen LogP) is 5.63. The van der Waals surface area contributed by atoms with Crippen molar-refractivity contribution in [2.45, 2.75) is 20.0 Å². The first-order valence-electron chi connectivity index (χ1n) is 10.6. The number of H-pyrrole nitrogens is 1. The van der Waals surface area contributed by atoms with Crippen LogP contribution in [0.5, 0.6) is 0 Å². The van der Waals surface area contributed by atoms with Gasteiger partial charge in [-0.3, -0.25) is 4.79 Å². The number of fused-ring (bicyclic) bond motifs is 1. The van der Waals surface area contributed by atoms with Crippen molar-refractivity contribution in [2.75, 3.05) is 18.4 Å². The summed E-state index contributed by atoms with van der Waals surface area (Å²) in [5.41, 5.74) is 4.00. The molecule has 0 atom stereocenters. The number of anilines is 1. The Kier molecular flexibility index (Phi) is 6.87. The molecule has 2 aromatic heterocycles. The Morgan fingerprint density at radius 3 is 2.84 bits per heavy atom. The lowest BCUT2D eigenvalue weighted by molar-refractivity contribution is -0.117. The van der Waals surface area contributed by atoms with Gasteiger partial charge in [0.25, 0.3) is 0 Å². The van der Waals surface area contributed by atoms with Crippen LogP contribution in [0.4, 0.5) is 5.13 Å². The number of ether oxygens (including phenoxy) is 1. The van der Waals surface area contributed by atoms with Crippen LogP contribution in [-0.2, 0) is 16.1 Å². The largest absolute Gasteiger partial charge is 0.475 e. The highest BCUT2D eigenvalue weighted by atomic mass is 32.1. The fourth-order valence-corrected chi connectivity index (χ4v) is 4.22. The van der Waals surface area contributed by atoms with Crippen molar-refractivity contribution in [1.82, 2.24) is 14.9 Å². The second kappa shape index (κ2) is 10.2. The molecule has 0 unspecified atom stereocenters. The second-order valence-corrected chi connectivity index (χ2v) is 8.28. The number of carbonyl (C=O) groups excluding carboxylic acids is 1. The molecule has 0 spiro atoms. The molecule has 0 aliphatic carbocycles. The molecule has 0 bridgehead atoms. The number of carbonyl (C=O) groups is 1. The van der Waals surface area contributed by atoms with Crippen LogP contribution in [0.2, 0.25) is 0 Å². The molecular formula is C25H26N4O2S. The summed E-state index contributed by atoms with van der Waals surface area (Å²) in [7, 11) is 0. The summed E-state index contributed by atoms with van der Waals surface area (Å²) < 4.78 is 5.82. The van der Waals surface area contributed by atoms with Crippen LogP contribution in [0.15, 0.2) is 78.6 Å². The molecule has 0 fully saturated rings. The van der Waals surface area contributed by atoms with E-state index in [4.69, 9.17) is 4.74 Å². The molecule has 4 rings (SSSR count). The highest BCUT2D eigenvalue weighted by Crippen LogP contribution is 2.30. The number of hydrogen-bond acceptors (Lipinski definition) is 5. The van der Waals surface area contributed by atoms with Crippen LogP contribution in [0.3, 0.4) is 0 Å². The maximum atomic E-state index is 12.7. The Balaban J connectivity index is 1.37. The molecule has 0 saturated carbocycles. The first kappa shape index (κ1) is 21.6. The molecule has 164 valence electrons. The summed E-state index contributed by atoms with van der Waals surface area (Å²) in [6, 6.07) is 18.0. The number of nitrogens with zero attached hydrogens (tertiary/aromatic N) is 2. The van der Waals surface area contributed by atoms with Gasteiger partial charge in [-0.1, -0.05) is 49.4 Å². The predicted molar refractivity (Wildman–Crippen MR) is 130 cm³/mol. The van der Waals surface area contributed by atoms with Gasteiger partial charge in [0.15, 0.2) is 11.0 Å². The summed E-state index contributed by atoms with van der Waals surface area (Å²) in [6.45, 7) is 7.34. The van der Waals surface area contributed by atoms with Gasteiger partial charge in [-0.15, -0.1) is 11.3 Å². The minimum absolute atomic E-state index is 0.149. The third-order valence-corrected chi connectivity index (χ3v) is 5.81. The van der Waals surface area contributed by atoms with E-state index < -0.39 is 0 Å². The van der Waals surface area contributed by atoms with E-state index in [1.807, 2.05) is 71.1 Å². The summed E-state index contributed by atoms with van der Waals surface area (Å²) in [5, 5.41) is 6.56. The third-order valence-electron chi connectivity index (χ3n) is 5.05. The van der Waals surface area contributed by atoms with E-state index in [9.17, 15) is 4.79 Å². The number of aromatic nitrogens is 2. The van der Waals surface area contributed by atoms with Crippen molar-refractivity contribution >= 4 is 33.3 Å². The van der Waals surface area contributed by atoms with Crippen LogP contribution in [-0.4, -0.2) is 33.9 Å². The lowest BCUT2D eigenvalue weighted by atomic mass is 10.1. The molecule has 0 aliphatic rings. The van der Waals surface area contributed by atoms with E-state index in [-0.39, 0.29) is 12.5 Å². The summed E-state index contributed by atoms with van der Waals surface area (Å²) in [4.78, 5) is 22.4. The molecule has 2 heterocycles. The van der Waals surface area contributed by atoms with Crippen molar-refractivity contribution in [3.63, 3.8) is 0 Å². The molecule has 32 heavy (non-hydrogen) atoms. The Hall–Kier alpha value is -3.58. The molecule has 1 amide bonds. The van der Waals surface area contributed by atoms with E-state index in [1.54, 1.807) is 0 Å². The van der Waals surface area contributed by atoms with Gasteiger partial charge in [-0.05, 0) is 30.7 Å². The zero-order valence-corrected chi connectivity index (χ0v) is 18.8. The van der Waals surface area contributed by atoms with Gasteiger partial charge in [0.2, 0.25) is 5.91 Å². The Bertz CT molecular complexity index is 1200. The average molecular weight is 447 g/mol. The number of amides is 1. The number of hydrogen-bond donors (Lipinski definition) is 2. The van der Waals surface area contributed by atoms with Crippen LogP contribution in [0, 0.1) is 0 Å². The van der Waals surface area contributed by atoms with E-state index >= 15 is 0 Å². The molecule has 6 nitrogen and oxygen atoms in total. The normalized spacial score (nSPS) is 10.8. The molecule has 7 heteroatoms. The zero-order valence-electron chi connectivity index (χ0n) is 18.0. The number of benzene rings is 2. The maximum absolute atomic E-state index is 12.7. The molecule has 0 radical (unpaired) electrons. The molecular weight excluding hydrogens is 420 g/mol. The third kappa shape index (κ3) is 5.18. The van der Waals surface area contributed by atoms with Gasteiger partial charge in [-0.25, -0.2) is 4.98 Å². The van der Waals surface area contributed by atoms with Crippen LogP contribution in [0.1, 0.15) is 18.9 Å². The quantitative estimate of drug-likeness (QED) is 0.310. The Morgan fingerprint density at radius 2 is 2.03 bits per heavy atom. The lowest BCUT2D eigenvalue weighted by Gasteiger charge is -2.25. The van der Waals surface area contributed by atoms with E-state index in [0.29, 0.717) is 24.2 Å². The van der Waals surface area contributed by atoms with Gasteiger partial charge in [0.05, 0.1) is 5.69 Å². The number of rotatable bonds is 10. The molecule has 0 aliphatic heterocycles. The minimum atomic E-state index is -0.149. The smallest absolute Gasteiger partial charge is 0.245 e. The molecule has 2 N–H and O–H groups in total. The Morgan fingerprint density at radius 1 is 1.19 bits per heavy atom. The highest BCUT2D eigenvalue weighted by molar-refractivity contribution is 7.14. The first-order valence-corrected chi connectivity index (χ1v) is 11.4. The highest BCUT2D eigenvalue weighted by Gasteiger charge is 2.15. The Labute approximate surface area is 191 Å². The van der Waals surface area contributed by atoms with E-state index in [1.165, 1.54) is 11.3 Å². The van der Waals surface area contributed by atoms with Gasteiger partial charge in [-0.2, -0.15) is 0 Å². The number of aromatic amines is 1. The van der Waals surface area contributed by atoms with Crippen molar-refractivity contribution in [3.8, 4) is 11.3 Å².